The highest BCUT2D eigenvalue weighted by Gasteiger charge is 2.18. The largest absolute Gasteiger partial charge is 0.497 e. The van der Waals surface area contributed by atoms with E-state index in [2.05, 4.69) is 5.32 Å². The van der Waals surface area contributed by atoms with E-state index in [0.29, 0.717) is 17.9 Å². The highest BCUT2D eigenvalue weighted by atomic mass is 16.5. The molecule has 0 saturated heterocycles. The summed E-state index contributed by atoms with van der Waals surface area (Å²) in [7, 11) is 3.24. The van der Waals surface area contributed by atoms with Gasteiger partial charge in [0.25, 0.3) is 0 Å². The molecule has 0 spiro atoms. The molecule has 1 amide bonds. The van der Waals surface area contributed by atoms with Gasteiger partial charge in [-0.2, -0.15) is 0 Å². The fraction of sp³-hybridized carbons (Fsp3) is 0.227. The lowest BCUT2D eigenvalue weighted by Crippen LogP contribution is -2.20. The van der Waals surface area contributed by atoms with Gasteiger partial charge in [-0.15, -0.1) is 0 Å². The highest BCUT2D eigenvalue weighted by molar-refractivity contribution is 5.92. The Kier molecular flexibility index (Phi) is 5.81. The summed E-state index contributed by atoms with van der Waals surface area (Å²) in [5.41, 5.74) is 2.78. The van der Waals surface area contributed by atoms with E-state index in [1.165, 1.54) is 0 Å². The van der Waals surface area contributed by atoms with E-state index in [0.717, 1.165) is 16.9 Å². The van der Waals surface area contributed by atoms with Crippen LogP contribution in [0.4, 0.5) is 5.69 Å². The molecule has 2 aromatic carbocycles. The van der Waals surface area contributed by atoms with Gasteiger partial charge in [-0.3, -0.25) is 4.79 Å². The molecule has 3 rings (SSSR count). The van der Waals surface area contributed by atoms with Crippen LogP contribution in [-0.4, -0.2) is 24.7 Å². The molecule has 5 nitrogen and oxygen atoms in total. The van der Waals surface area contributed by atoms with Gasteiger partial charge in [-0.1, -0.05) is 18.2 Å². The minimum atomic E-state index is -0.110. The van der Waals surface area contributed by atoms with Crippen molar-refractivity contribution in [2.75, 3.05) is 19.5 Å². The molecule has 1 N–H and O–H groups in total. The summed E-state index contributed by atoms with van der Waals surface area (Å²) in [6, 6.07) is 17.3. The number of rotatable bonds is 7. The van der Waals surface area contributed by atoms with Crippen LogP contribution < -0.4 is 14.8 Å². The molecule has 0 aliphatic carbocycles. The molecular formula is C22H24N2O3. The van der Waals surface area contributed by atoms with Crippen LogP contribution in [-0.2, 0) is 4.79 Å². The van der Waals surface area contributed by atoms with Gasteiger partial charge in [0.1, 0.15) is 11.5 Å². The number of anilines is 1. The van der Waals surface area contributed by atoms with E-state index < -0.39 is 0 Å². The van der Waals surface area contributed by atoms with E-state index in [-0.39, 0.29) is 11.9 Å². The number of aryl methyl sites for hydroxylation is 1. The molecule has 0 radical (unpaired) electrons. The van der Waals surface area contributed by atoms with Crippen LogP contribution in [0, 0.1) is 6.92 Å². The van der Waals surface area contributed by atoms with Crippen LogP contribution in [0.3, 0.4) is 0 Å². The van der Waals surface area contributed by atoms with Crippen molar-refractivity contribution in [3.8, 4) is 11.5 Å². The minimum absolute atomic E-state index is 0.0755. The quantitative estimate of drug-likeness (QED) is 0.675. The molecule has 5 heteroatoms. The number of methoxy groups -OCH3 is 2. The van der Waals surface area contributed by atoms with Crippen molar-refractivity contribution in [2.45, 2.75) is 19.4 Å². The molecule has 0 bridgehead atoms. The Morgan fingerprint density at radius 1 is 1.04 bits per heavy atom. The summed E-state index contributed by atoms with van der Waals surface area (Å²) in [6.45, 7) is 1.98. The molecule has 0 aliphatic heterocycles. The van der Waals surface area contributed by atoms with Gasteiger partial charge in [0.15, 0.2) is 0 Å². The van der Waals surface area contributed by atoms with Crippen molar-refractivity contribution in [3.05, 3.63) is 78.1 Å². The SMILES string of the molecule is COc1ccc([C@H](CC(=O)Nc2cc(C)ccc2OC)n2cccc2)cc1. The number of ether oxygens (including phenoxy) is 2. The normalized spacial score (nSPS) is 11.7. The van der Waals surface area contributed by atoms with Crippen LogP contribution >= 0.6 is 0 Å². The topological polar surface area (TPSA) is 52.5 Å². The van der Waals surface area contributed by atoms with E-state index in [4.69, 9.17) is 9.47 Å². The highest BCUT2D eigenvalue weighted by Crippen LogP contribution is 2.28. The van der Waals surface area contributed by atoms with E-state index in [1.807, 2.05) is 78.5 Å². The van der Waals surface area contributed by atoms with Gasteiger partial charge in [0, 0.05) is 12.4 Å². The van der Waals surface area contributed by atoms with Crippen LogP contribution in [0.5, 0.6) is 11.5 Å². The number of hydrogen-bond acceptors (Lipinski definition) is 3. The number of aromatic nitrogens is 1. The Bertz CT molecular complexity index is 886. The fourth-order valence-corrected chi connectivity index (χ4v) is 3.07. The molecule has 0 unspecified atom stereocenters. The Morgan fingerprint density at radius 3 is 2.37 bits per heavy atom. The van der Waals surface area contributed by atoms with Crippen molar-refractivity contribution >= 4 is 11.6 Å². The van der Waals surface area contributed by atoms with Crippen LogP contribution in [0.1, 0.15) is 23.6 Å². The number of hydrogen-bond donors (Lipinski definition) is 1. The summed E-state index contributed by atoms with van der Waals surface area (Å²) in [5, 5.41) is 2.99. The Labute approximate surface area is 159 Å². The van der Waals surface area contributed by atoms with Gasteiger partial charge in [-0.05, 0) is 54.4 Å². The van der Waals surface area contributed by atoms with Crippen molar-refractivity contribution in [3.63, 3.8) is 0 Å². The smallest absolute Gasteiger partial charge is 0.226 e. The van der Waals surface area contributed by atoms with Crippen LogP contribution in [0.2, 0.25) is 0 Å². The Balaban J connectivity index is 1.82. The van der Waals surface area contributed by atoms with Crippen molar-refractivity contribution < 1.29 is 14.3 Å². The van der Waals surface area contributed by atoms with Gasteiger partial charge < -0.3 is 19.4 Å². The molecule has 1 heterocycles. The lowest BCUT2D eigenvalue weighted by atomic mass is 10.0. The first-order valence-corrected chi connectivity index (χ1v) is 8.81. The predicted octanol–water partition coefficient (Wildman–Crippen LogP) is 4.43. The monoisotopic (exact) mass is 364 g/mol. The molecule has 0 fully saturated rings. The summed E-state index contributed by atoms with van der Waals surface area (Å²) < 4.78 is 12.6. The molecular weight excluding hydrogens is 340 g/mol. The van der Waals surface area contributed by atoms with Gasteiger partial charge in [0.2, 0.25) is 5.91 Å². The Hall–Kier alpha value is -3.21. The zero-order chi connectivity index (χ0) is 19.2. The maximum absolute atomic E-state index is 12.8. The summed E-state index contributed by atoms with van der Waals surface area (Å²) in [4.78, 5) is 12.8. The summed E-state index contributed by atoms with van der Waals surface area (Å²) >= 11 is 0. The summed E-state index contributed by atoms with van der Waals surface area (Å²) in [6.07, 6.45) is 4.24. The lowest BCUT2D eigenvalue weighted by molar-refractivity contribution is -0.116. The average Bonchev–Trinajstić information content (AvgIpc) is 3.21. The van der Waals surface area contributed by atoms with Crippen molar-refractivity contribution in [1.82, 2.24) is 4.57 Å². The average molecular weight is 364 g/mol. The molecule has 1 atom stereocenters. The number of amides is 1. The number of nitrogens with one attached hydrogen (secondary N) is 1. The molecule has 0 aliphatic rings. The second-order valence-electron chi connectivity index (χ2n) is 6.38. The lowest BCUT2D eigenvalue weighted by Gasteiger charge is -2.20. The zero-order valence-corrected chi connectivity index (χ0v) is 15.8. The van der Waals surface area contributed by atoms with Crippen molar-refractivity contribution in [2.24, 2.45) is 0 Å². The third-order valence-corrected chi connectivity index (χ3v) is 4.50. The third kappa shape index (κ3) is 4.50. The molecule has 27 heavy (non-hydrogen) atoms. The molecule has 3 aromatic rings. The number of nitrogens with zero attached hydrogens (tertiary/aromatic N) is 1. The number of carbonyl (C=O) groups is 1. The third-order valence-electron chi connectivity index (χ3n) is 4.50. The van der Waals surface area contributed by atoms with Crippen molar-refractivity contribution in [1.29, 1.82) is 0 Å². The molecule has 1 aromatic heterocycles. The summed E-state index contributed by atoms with van der Waals surface area (Å²) in [5.74, 6) is 1.36. The maximum atomic E-state index is 12.8. The van der Waals surface area contributed by atoms with Crippen LogP contribution in [0.15, 0.2) is 67.0 Å². The van der Waals surface area contributed by atoms with Crippen LogP contribution in [0.25, 0.3) is 0 Å². The van der Waals surface area contributed by atoms with Gasteiger partial charge in [0.05, 0.1) is 32.4 Å². The standard InChI is InChI=1S/C22H24N2O3/c1-16-6-11-21(27-3)19(14-16)23-22(25)15-20(24-12-4-5-13-24)17-7-9-18(26-2)10-8-17/h4-14,20H,15H2,1-3H3,(H,23,25)/t20-/m0/s1. The first-order valence-electron chi connectivity index (χ1n) is 8.81. The number of benzene rings is 2. The minimum Gasteiger partial charge on any atom is -0.497 e. The molecule has 0 saturated carbocycles. The van der Waals surface area contributed by atoms with Gasteiger partial charge in [-0.25, -0.2) is 0 Å². The maximum Gasteiger partial charge on any atom is 0.226 e. The first kappa shape index (κ1) is 18.6. The zero-order valence-electron chi connectivity index (χ0n) is 15.8. The van der Waals surface area contributed by atoms with E-state index >= 15 is 0 Å². The second kappa shape index (κ2) is 8.45. The van der Waals surface area contributed by atoms with E-state index in [1.54, 1.807) is 14.2 Å². The fourth-order valence-electron chi connectivity index (χ4n) is 3.07. The predicted molar refractivity (Wildman–Crippen MR) is 107 cm³/mol. The molecule has 140 valence electrons. The number of carbonyl (C=O) groups excluding carboxylic acids is 1. The second-order valence-corrected chi connectivity index (χ2v) is 6.38. The Morgan fingerprint density at radius 2 is 1.74 bits per heavy atom. The van der Waals surface area contributed by atoms with Gasteiger partial charge >= 0.3 is 0 Å². The first-order chi connectivity index (χ1) is 13.1. The van der Waals surface area contributed by atoms with E-state index in [9.17, 15) is 4.79 Å².